The van der Waals surface area contributed by atoms with E-state index < -0.39 is 5.56 Å². The van der Waals surface area contributed by atoms with Gasteiger partial charge in [0.25, 0.3) is 0 Å². The van der Waals surface area contributed by atoms with Crippen LogP contribution in [0.3, 0.4) is 0 Å². The topological polar surface area (TPSA) is 29.5 Å². The second-order valence-corrected chi connectivity index (χ2v) is 3.71. The summed E-state index contributed by atoms with van der Waals surface area (Å²) in [4.78, 5) is 0. The Balaban J connectivity index is 2.14. The second-order valence-electron chi connectivity index (χ2n) is 3.31. The van der Waals surface area contributed by atoms with Crippen LogP contribution in [0, 0.1) is 0 Å². The van der Waals surface area contributed by atoms with E-state index in [9.17, 15) is 5.11 Å². The largest absolute Gasteiger partial charge is 0.504 e. The molecule has 1 atom stereocenters. The van der Waals surface area contributed by atoms with E-state index in [0.29, 0.717) is 5.75 Å². The molecule has 3 heteroatoms. The van der Waals surface area contributed by atoms with E-state index in [1.807, 2.05) is 30.3 Å². The normalized spacial score (nSPS) is 12.1. The molecular weight excluding hydrogens is 224 g/mol. The zero-order chi connectivity index (χ0) is 11.4. The van der Waals surface area contributed by atoms with Crippen LogP contribution >= 0.6 is 11.6 Å². The number of ether oxygens (including phenoxy) is 1. The summed E-state index contributed by atoms with van der Waals surface area (Å²) in [5, 5.41) is 9.52. The van der Waals surface area contributed by atoms with Crippen LogP contribution in [0.5, 0.6) is 11.5 Å². The summed E-state index contributed by atoms with van der Waals surface area (Å²) >= 11 is 6.08. The van der Waals surface area contributed by atoms with Crippen LogP contribution < -0.4 is 4.74 Å². The van der Waals surface area contributed by atoms with E-state index in [4.69, 9.17) is 16.3 Å². The first-order chi connectivity index (χ1) is 7.77. The van der Waals surface area contributed by atoms with Crippen molar-refractivity contribution in [1.82, 2.24) is 0 Å². The molecular formula is C13H11ClO2. The molecule has 0 spiro atoms. The molecule has 2 rings (SSSR count). The van der Waals surface area contributed by atoms with E-state index in [-0.39, 0.29) is 5.75 Å². The molecule has 0 amide bonds. The fourth-order valence-electron chi connectivity index (χ4n) is 1.34. The summed E-state index contributed by atoms with van der Waals surface area (Å²) in [7, 11) is 0. The van der Waals surface area contributed by atoms with Crippen molar-refractivity contribution in [2.24, 2.45) is 0 Å². The lowest BCUT2D eigenvalue weighted by Gasteiger charge is -2.13. The third-order valence-electron chi connectivity index (χ3n) is 2.16. The number of para-hydroxylation sites is 2. The Kier molecular flexibility index (Phi) is 3.32. The highest BCUT2D eigenvalue weighted by molar-refractivity contribution is 6.20. The zero-order valence-electron chi connectivity index (χ0n) is 8.51. The lowest BCUT2D eigenvalue weighted by molar-refractivity contribution is 0.273. The summed E-state index contributed by atoms with van der Waals surface area (Å²) < 4.78 is 5.45. The molecule has 1 unspecified atom stereocenters. The van der Waals surface area contributed by atoms with Gasteiger partial charge in [-0.15, -0.1) is 0 Å². The molecule has 0 fully saturated rings. The minimum atomic E-state index is -0.602. The molecule has 0 aliphatic carbocycles. The minimum Gasteiger partial charge on any atom is -0.504 e. The Morgan fingerprint density at radius 3 is 2.25 bits per heavy atom. The average molecular weight is 235 g/mol. The van der Waals surface area contributed by atoms with Gasteiger partial charge in [-0.05, 0) is 12.1 Å². The maximum atomic E-state index is 9.52. The molecule has 0 saturated carbocycles. The van der Waals surface area contributed by atoms with Crippen molar-refractivity contribution in [3.63, 3.8) is 0 Å². The fourth-order valence-corrected chi connectivity index (χ4v) is 1.58. The van der Waals surface area contributed by atoms with Crippen LogP contribution in [0.15, 0.2) is 54.6 Å². The molecule has 2 aromatic rings. The van der Waals surface area contributed by atoms with Crippen molar-refractivity contribution < 1.29 is 9.84 Å². The van der Waals surface area contributed by atoms with Crippen molar-refractivity contribution in [2.45, 2.75) is 5.56 Å². The highest BCUT2D eigenvalue weighted by Crippen LogP contribution is 2.31. The first-order valence-electron chi connectivity index (χ1n) is 4.91. The van der Waals surface area contributed by atoms with Crippen molar-refractivity contribution in [3.8, 4) is 11.5 Å². The maximum Gasteiger partial charge on any atom is 0.197 e. The van der Waals surface area contributed by atoms with Gasteiger partial charge in [0.05, 0.1) is 0 Å². The van der Waals surface area contributed by atoms with Gasteiger partial charge >= 0.3 is 0 Å². The molecule has 16 heavy (non-hydrogen) atoms. The lowest BCUT2D eigenvalue weighted by atomic mass is 10.2. The number of phenolic OH excluding ortho intramolecular Hbond substituents is 1. The monoisotopic (exact) mass is 234 g/mol. The van der Waals surface area contributed by atoms with E-state index in [1.54, 1.807) is 24.3 Å². The molecule has 0 saturated heterocycles. The van der Waals surface area contributed by atoms with Gasteiger partial charge in [-0.2, -0.15) is 0 Å². The standard InChI is InChI=1S/C13H11ClO2/c14-13(10-6-2-1-3-7-10)16-12-9-5-4-8-11(12)15/h1-9,13,15H. The van der Waals surface area contributed by atoms with E-state index in [0.717, 1.165) is 5.56 Å². The molecule has 82 valence electrons. The molecule has 0 bridgehead atoms. The van der Waals surface area contributed by atoms with Gasteiger partial charge in [0, 0.05) is 5.56 Å². The van der Waals surface area contributed by atoms with Crippen LogP contribution in [0.1, 0.15) is 11.1 Å². The molecule has 0 aliphatic rings. The lowest BCUT2D eigenvalue weighted by Crippen LogP contribution is -2.00. The first kappa shape index (κ1) is 10.8. The van der Waals surface area contributed by atoms with Crippen LogP contribution in [0.2, 0.25) is 0 Å². The van der Waals surface area contributed by atoms with Crippen LogP contribution in [0.25, 0.3) is 0 Å². The maximum absolute atomic E-state index is 9.52. The molecule has 2 aromatic carbocycles. The van der Waals surface area contributed by atoms with Gasteiger partial charge in [0.15, 0.2) is 17.1 Å². The van der Waals surface area contributed by atoms with Gasteiger partial charge < -0.3 is 9.84 Å². The number of aromatic hydroxyl groups is 1. The van der Waals surface area contributed by atoms with Gasteiger partial charge in [0.1, 0.15) is 0 Å². The predicted molar refractivity (Wildman–Crippen MR) is 63.8 cm³/mol. The third kappa shape index (κ3) is 2.47. The average Bonchev–Trinajstić information content (AvgIpc) is 2.33. The van der Waals surface area contributed by atoms with Crippen LogP contribution in [0.4, 0.5) is 0 Å². The Morgan fingerprint density at radius 2 is 1.56 bits per heavy atom. The first-order valence-corrected chi connectivity index (χ1v) is 5.34. The number of benzene rings is 2. The summed E-state index contributed by atoms with van der Waals surface area (Å²) in [5.74, 6) is 0.468. The number of halogens is 1. The molecule has 2 nitrogen and oxygen atoms in total. The summed E-state index contributed by atoms with van der Waals surface area (Å²) in [6.07, 6.45) is 0. The van der Waals surface area contributed by atoms with Gasteiger partial charge in [-0.3, -0.25) is 0 Å². The Morgan fingerprint density at radius 1 is 0.938 bits per heavy atom. The zero-order valence-corrected chi connectivity index (χ0v) is 9.26. The smallest absolute Gasteiger partial charge is 0.197 e. The Bertz CT molecular complexity index is 456. The van der Waals surface area contributed by atoms with Crippen LogP contribution in [-0.2, 0) is 0 Å². The van der Waals surface area contributed by atoms with E-state index in [2.05, 4.69) is 0 Å². The third-order valence-corrected chi connectivity index (χ3v) is 2.50. The summed E-state index contributed by atoms with van der Waals surface area (Å²) in [6, 6.07) is 16.2. The number of phenols is 1. The summed E-state index contributed by atoms with van der Waals surface area (Å²) in [6.45, 7) is 0. The number of hydrogen-bond donors (Lipinski definition) is 1. The minimum absolute atomic E-state index is 0.0871. The van der Waals surface area contributed by atoms with Crippen molar-refractivity contribution in [2.75, 3.05) is 0 Å². The number of hydrogen-bond acceptors (Lipinski definition) is 2. The highest BCUT2D eigenvalue weighted by Gasteiger charge is 2.10. The quantitative estimate of drug-likeness (QED) is 0.821. The van der Waals surface area contributed by atoms with Crippen LogP contribution in [-0.4, -0.2) is 5.11 Å². The molecule has 0 radical (unpaired) electrons. The van der Waals surface area contributed by atoms with Crippen molar-refractivity contribution >= 4 is 11.6 Å². The van der Waals surface area contributed by atoms with Gasteiger partial charge in [-0.25, -0.2) is 0 Å². The van der Waals surface area contributed by atoms with Crippen molar-refractivity contribution in [3.05, 3.63) is 60.2 Å². The van der Waals surface area contributed by atoms with Gasteiger partial charge in [-0.1, -0.05) is 54.1 Å². The molecule has 0 heterocycles. The number of alkyl halides is 1. The predicted octanol–water partition coefficient (Wildman–Crippen LogP) is 3.71. The highest BCUT2D eigenvalue weighted by atomic mass is 35.5. The van der Waals surface area contributed by atoms with E-state index >= 15 is 0 Å². The Labute approximate surface area is 99.1 Å². The van der Waals surface area contributed by atoms with Gasteiger partial charge in [0.2, 0.25) is 0 Å². The van der Waals surface area contributed by atoms with Crippen molar-refractivity contribution in [1.29, 1.82) is 0 Å². The summed E-state index contributed by atoms with van der Waals surface area (Å²) in [5.41, 5.74) is 0.252. The molecule has 1 N–H and O–H groups in total. The Hall–Kier alpha value is -1.67. The molecule has 0 aromatic heterocycles. The molecule has 0 aliphatic heterocycles. The fraction of sp³-hybridized carbons (Fsp3) is 0.0769. The van der Waals surface area contributed by atoms with E-state index in [1.165, 1.54) is 0 Å². The second kappa shape index (κ2) is 4.90. The number of rotatable bonds is 3. The SMILES string of the molecule is Oc1ccccc1OC(Cl)c1ccccc1.